The standard InChI is InChI=1S/C32H29ClN4O5/c1-21(38)35(15-14-24-20-34-28-10-6-5-9-26(24)28)32(40)30(17-22-7-3-2-4-8-22)36-16-13-23(18-31(36)39)27-19-25(33)11-12-29(27)37(41)42/h2-13,16,18-21,30,34,38H,14-15,17H2,1H3. The van der Waals surface area contributed by atoms with Crippen molar-refractivity contribution in [3.05, 3.63) is 134 Å². The van der Waals surface area contributed by atoms with Crippen LogP contribution in [0.25, 0.3) is 22.0 Å². The number of nitrogens with one attached hydrogen (secondary N) is 1. The number of aromatic amines is 1. The van der Waals surface area contributed by atoms with Crippen LogP contribution in [0, 0.1) is 10.1 Å². The van der Waals surface area contributed by atoms with Crippen LogP contribution in [0.2, 0.25) is 5.02 Å². The number of halogens is 1. The Bertz CT molecular complexity index is 1800. The third-order valence-corrected chi connectivity index (χ3v) is 7.57. The van der Waals surface area contributed by atoms with Gasteiger partial charge in [0.2, 0.25) is 5.91 Å². The fraction of sp³-hybridized carbons (Fsp3) is 0.188. The number of fused-ring (bicyclic) bond motifs is 1. The van der Waals surface area contributed by atoms with E-state index in [0.717, 1.165) is 22.0 Å². The van der Waals surface area contributed by atoms with Gasteiger partial charge in [-0.1, -0.05) is 60.1 Å². The second-order valence-electron chi connectivity index (χ2n) is 10.1. The molecule has 0 radical (unpaired) electrons. The summed E-state index contributed by atoms with van der Waals surface area (Å²) in [7, 11) is 0. The number of hydrogen-bond donors (Lipinski definition) is 2. The lowest BCUT2D eigenvalue weighted by Crippen LogP contribution is -2.46. The molecule has 2 N–H and O–H groups in total. The summed E-state index contributed by atoms with van der Waals surface area (Å²) < 4.78 is 1.32. The fourth-order valence-electron chi connectivity index (χ4n) is 5.21. The molecule has 42 heavy (non-hydrogen) atoms. The minimum atomic E-state index is -1.11. The second-order valence-corrected chi connectivity index (χ2v) is 10.5. The lowest BCUT2D eigenvalue weighted by Gasteiger charge is -2.31. The number of benzene rings is 3. The van der Waals surface area contributed by atoms with Gasteiger partial charge in [0.1, 0.15) is 12.3 Å². The number of nitro groups is 1. The van der Waals surface area contributed by atoms with Gasteiger partial charge in [-0.15, -0.1) is 0 Å². The summed E-state index contributed by atoms with van der Waals surface area (Å²) >= 11 is 6.11. The molecule has 0 fully saturated rings. The summed E-state index contributed by atoms with van der Waals surface area (Å²) in [5, 5.41) is 23.6. The zero-order valence-electron chi connectivity index (χ0n) is 22.8. The van der Waals surface area contributed by atoms with Gasteiger partial charge in [0.15, 0.2) is 0 Å². The van der Waals surface area contributed by atoms with Gasteiger partial charge in [0.25, 0.3) is 11.2 Å². The molecule has 0 saturated heterocycles. The number of H-pyrrole nitrogens is 1. The quantitative estimate of drug-likeness (QED) is 0.123. The molecule has 2 unspecified atom stereocenters. The van der Waals surface area contributed by atoms with Crippen LogP contribution in [0.3, 0.4) is 0 Å². The molecule has 5 aromatic rings. The van der Waals surface area contributed by atoms with E-state index in [9.17, 15) is 24.8 Å². The second kappa shape index (κ2) is 12.4. The van der Waals surface area contributed by atoms with Crippen molar-refractivity contribution in [2.24, 2.45) is 0 Å². The first-order valence-electron chi connectivity index (χ1n) is 13.5. The van der Waals surface area contributed by atoms with Crippen molar-refractivity contribution in [2.75, 3.05) is 6.54 Å². The van der Waals surface area contributed by atoms with E-state index in [1.807, 2.05) is 60.8 Å². The first-order chi connectivity index (χ1) is 20.2. The zero-order chi connectivity index (χ0) is 29.8. The Morgan fingerprint density at radius 2 is 1.81 bits per heavy atom. The lowest BCUT2D eigenvalue weighted by atomic mass is 10.0. The number of hydrogen-bond acceptors (Lipinski definition) is 5. The van der Waals surface area contributed by atoms with Crippen molar-refractivity contribution in [1.29, 1.82) is 0 Å². The van der Waals surface area contributed by atoms with Crippen LogP contribution in [0.5, 0.6) is 0 Å². The van der Waals surface area contributed by atoms with Crippen molar-refractivity contribution < 1.29 is 14.8 Å². The van der Waals surface area contributed by atoms with Crippen LogP contribution in [-0.2, 0) is 17.6 Å². The SMILES string of the molecule is CC(O)N(CCc1c[nH]c2ccccc12)C(=O)C(Cc1ccccc1)n1ccc(-c2cc(Cl)ccc2[N+](=O)[O-])cc1=O. The van der Waals surface area contributed by atoms with E-state index in [1.54, 1.807) is 6.07 Å². The maximum absolute atomic E-state index is 14.1. The molecule has 2 aromatic heterocycles. The molecular weight excluding hydrogens is 556 g/mol. The monoisotopic (exact) mass is 584 g/mol. The minimum absolute atomic E-state index is 0.189. The number of amides is 1. The zero-order valence-corrected chi connectivity index (χ0v) is 23.6. The molecule has 5 rings (SSSR count). The van der Waals surface area contributed by atoms with Gasteiger partial charge in [-0.2, -0.15) is 0 Å². The molecule has 3 aromatic carbocycles. The Labute approximate surface area is 246 Å². The summed E-state index contributed by atoms with van der Waals surface area (Å²) in [6.07, 6.45) is 2.95. The van der Waals surface area contributed by atoms with Gasteiger partial charge in [-0.3, -0.25) is 19.7 Å². The van der Waals surface area contributed by atoms with Crippen molar-refractivity contribution >= 4 is 34.1 Å². The molecule has 2 heterocycles. The van der Waals surface area contributed by atoms with Gasteiger partial charge in [0, 0.05) is 53.4 Å². The Morgan fingerprint density at radius 3 is 2.52 bits per heavy atom. The maximum Gasteiger partial charge on any atom is 0.277 e. The molecule has 1 amide bonds. The fourth-order valence-corrected chi connectivity index (χ4v) is 5.38. The van der Waals surface area contributed by atoms with E-state index in [2.05, 4.69) is 4.98 Å². The predicted octanol–water partition coefficient (Wildman–Crippen LogP) is 5.75. The first kappa shape index (κ1) is 28.8. The highest BCUT2D eigenvalue weighted by atomic mass is 35.5. The summed E-state index contributed by atoms with van der Waals surface area (Å²) in [5.74, 6) is -0.419. The van der Waals surface area contributed by atoms with Crippen molar-refractivity contribution in [1.82, 2.24) is 14.5 Å². The average molecular weight is 585 g/mol. The molecule has 214 valence electrons. The number of rotatable bonds is 10. The van der Waals surface area contributed by atoms with Gasteiger partial charge in [-0.25, -0.2) is 0 Å². The van der Waals surface area contributed by atoms with Crippen LogP contribution in [-0.4, -0.2) is 43.2 Å². The molecule has 10 heteroatoms. The molecule has 9 nitrogen and oxygen atoms in total. The van der Waals surface area contributed by atoms with E-state index >= 15 is 0 Å². The Morgan fingerprint density at radius 1 is 1.07 bits per heavy atom. The summed E-state index contributed by atoms with van der Waals surface area (Å²) in [6.45, 7) is 1.75. The van der Waals surface area contributed by atoms with E-state index in [4.69, 9.17) is 11.6 Å². The first-order valence-corrected chi connectivity index (χ1v) is 13.8. The molecule has 0 spiro atoms. The Balaban J connectivity index is 1.50. The number of carbonyl (C=O) groups is 1. The van der Waals surface area contributed by atoms with Gasteiger partial charge < -0.3 is 19.6 Å². The Kier molecular flexibility index (Phi) is 8.51. The van der Waals surface area contributed by atoms with E-state index in [1.165, 1.54) is 46.9 Å². The smallest absolute Gasteiger partial charge is 0.277 e. The number of para-hydroxylation sites is 1. The third kappa shape index (κ3) is 6.12. The van der Waals surface area contributed by atoms with Crippen LogP contribution in [0.1, 0.15) is 24.1 Å². The minimum Gasteiger partial charge on any atom is -0.374 e. The lowest BCUT2D eigenvalue weighted by molar-refractivity contribution is -0.384. The number of aliphatic hydroxyl groups excluding tert-OH is 1. The largest absolute Gasteiger partial charge is 0.374 e. The normalized spacial score (nSPS) is 12.6. The van der Waals surface area contributed by atoms with Gasteiger partial charge >= 0.3 is 0 Å². The Hall–Kier alpha value is -4.73. The molecule has 0 aliphatic heterocycles. The summed E-state index contributed by atoms with van der Waals surface area (Å²) in [6, 6.07) is 23.2. The molecule has 0 saturated carbocycles. The highest BCUT2D eigenvalue weighted by Gasteiger charge is 2.30. The van der Waals surface area contributed by atoms with E-state index in [0.29, 0.717) is 17.0 Å². The molecular formula is C32H29ClN4O5. The predicted molar refractivity (Wildman–Crippen MR) is 162 cm³/mol. The topological polar surface area (TPSA) is 121 Å². The van der Waals surface area contributed by atoms with Gasteiger partial charge in [0.05, 0.1) is 10.5 Å². The highest BCUT2D eigenvalue weighted by Crippen LogP contribution is 2.32. The molecule has 0 aliphatic rings. The van der Waals surface area contributed by atoms with Crippen molar-refractivity contribution in [3.8, 4) is 11.1 Å². The van der Waals surface area contributed by atoms with Crippen molar-refractivity contribution in [3.63, 3.8) is 0 Å². The molecule has 0 aliphatic carbocycles. The third-order valence-electron chi connectivity index (χ3n) is 7.34. The van der Waals surface area contributed by atoms with Crippen LogP contribution >= 0.6 is 11.6 Å². The molecule has 0 bridgehead atoms. The van der Waals surface area contributed by atoms with Crippen LogP contribution in [0.15, 0.2) is 102 Å². The highest BCUT2D eigenvalue weighted by molar-refractivity contribution is 6.31. The van der Waals surface area contributed by atoms with E-state index in [-0.39, 0.29) is 24.2 Å². The van der Waals surface area contributed by atoms with Crippen LogP contribution < -0.4 is 5.56 Å². The summed E-state index contributed by atoms with van der Waals surface area (Å²) in [4.78, 5) is 43.3. The number of carbonyl (C=O) groups excluding carboxylic acids is 1. The number of nitro benzene ring substituents is 1. The maximum atomic E-state index is 14.1. The number of nitrogens with zero attached hydrogens (tertiary/aromatic N) is 3. The van der Waals surface area contributed by atoms with E-state index < -0.39 is 28.7 Å². The van der Waals surface area contributed by atoms with Crippen molar-refractivity contribution in [2.45, 2.75) is 32.0 Å². The number of pyridine rings is 1. The summed E-state index contributed by atoms with van der Waals surface area (Å²) in [5.41, 5.74) is 2.63. The average Bonchev–Trinajstić information content (AvgIpc) is 3.39. The number of aliphatic hydroxyl groups is 1. The van der Waals surface area contributed by atoms with Gasteiger partial charge in [-0.05, 0) is 54.3 Å². The van der Waals surface area contributed by atoms with Crippen LogP contribution in [0.4, 0.5) is 5.69 Å². The molecule has 2 atom stereocenters. The number of aromatic nitrogens is 2.